The number of rotatable bonds is 7. The van der Waals surface area contributed by atoms with E-state index in [4.69, 9.17) is 4.74 Å². The number of amides is 3. The second kappa shape index (κ2) is 8.98. The number of benzene rings is 1. The van der Waals surface area contributed by atoms with E-state index in [1.165, 1.54) is 0 Å². The summed E-state index contributed by atoms with van der Waals surface area (Å²) >= 11 is 1.60. The molecule has 30 heavy (non-hydrogen) atoms. The van der Waals surface area contributed by atoms with E-state index in [2.05, 4.69) is 10.6 Å². The molecule has 3 heterocycles. The van der Waals surface area contributed by atoms with Gasteiger partial charge in [-0.05, 0) is 30.4 Å². The molecule has 3 amide bonds. The Morgan fingerprint density at radius 3 is 2.87 bits per heavy atom. The van der Waals surface area contributed by atoms with E-state index in [1.54, 1.807) is 16.7 Å². The molecule has 8 heteroatoms. The summed E-state index contributed by atoms with van der Waals surface area (Å²) in [6, 6.07) is 6.32. The van der Waals surface area contributed by atoms with Crippen molar-refractivity contribution in [1.29, 1.82) is 0 Å². The quantitative estimate of drug-likeness (QED) is 0.690. The van der Waals surface area contributed by atoms with Crippen LogP contribution in [0.2, 0.25) is 0 Å². The highest BCUT2D eigenvalue weighted by Gasteiger charge is 2.48. The molecule has 0 unspecified atom stereocenters. The SMILES string of the molecule is CC[C@H](C)[C@H](NC(=O)[C@@H]1CS[C@@H]2c3ccccc3C(=O)N21)C(=O)NC[C@@H]1CCCO1. The number of hydrogen-bond acceptors (Lipinski definition) is 5. The van der Waals surface area contributed by atoms with Crippen LogP contribution >= 0.6 is 11.8 Å². The lowest BCUT2D eigenvalue weighted by atomic mass is 9.97. The first-order chi connectivity index (χ1) is 14.5. The van der Waals surface area contributed by atoms with E-state index in [1.807, 2.05) is 38.1 Å². The fourth-order valence-electron chi connectivity index (χ4n) is 4.32. The van der Waals surface area contributed by atoms with E-state index in [0.717, 1.165) is 31.4 Å². The standard InChI is InChI=1S/C22H29N3O4S/c1-3-13(2)18(20(27)23-11-14-7-6-10-29-14)24-19(26)17-12-30-22-16-9-5-4-8-15(16)21(28)25(17)22/h4-5,8-9,13-14,17-18,22H,3,6-7,10-12H2,1-2H3,(H,23,27)(H,24,26)/t13-,14-,17-,18-,22+/m0/s1. The maximum atomic E-state index is 13.2. The van der Waals surface area contributed by atoms with E-state index < -0.39 is 12.1 Å². The van der Waals surface area contributed by atoms with Gasteiger partial charge in [0, 0.05) is 24.5 Å². The lowest BCUT2D eigenvalue weighted by Crippen LogP contribution is -2.56. The lowest BCUT2D eigenvalue weighted by Gasteiger charge is -2.28. The van der Waals surface area contributed by atoms with Gasteiger partial charge in [0.05, 0.1) is 6.10 Å². The van der Waals surface area contributed by atoms with Gasteiger partial charge in [0.2, 0.25) is 11.8 Å². The monoisotopic (exact) mass is 431 g/mol. The molecule has 2 saturated heterocycles. The van der Waals surface area contributed by atoms with Gasteiger partial charge >= 0.3 is 0 Å². The molecule has 1 aromatic carbocycles. The summed E-state index contributed by atoms with van der Waals surface area (Å²) in [5, 5.41) is 5.76. The molecule has 7 nitrogen and oxygen atoms in total. The van der Waals surface area contributed by atoms with Crippen molar-refractivity contribution < 1.29 is 19.1 Å². The Morgan fingerprint density at radius 2 is 2.13 bits per heavy atom. The Balaban J connectivity index is 1.42. The van der Waals surface area contributed by atoms with Gasteiger partial charge in [-0.15, -0.1) is 11.8 Å². The smallest absolute Gasteiger partial charge is 0.256 e. The van der Waals surface area contributed by atoms with Gasteiger partial charge in [-0.1, -0.05) is 38.5 Å². The van der Waals surface area contributed by atoms with Crippen LogP contribution < -0.4 is 10.6 Å². The Kier molecular flexibility index (Phi) is 6.34. The Hall–Kier alpha value is -2.06. The molecule has 1 aromatic rings. The molecular weight excluding hydrogens is 402 g/mol. The number of carbonyl (C=O) groups is 3. The van der Waals surface area contributed by atoms with E-state index in [0.29, 0.717) is 17.9 Å². The van der Waals surface area contributed by atoms with Crippen molar-refractivity contribution in [2.24, 2.45) is 5.92 Å². The van der Waals surface area contributed by atoms with E-state index >= 15 is 0 Å². The van der Waals surface area contributed by atoms with Crippen LogP contribution in [-0.2, 0) is 14.3 Å². The molecule has 2 N–H and O–H groups in total. The molecule has 162 valence electrons. The van der Waals surface area contributed by atoms with Crippen LogP contribution in [0.15, 0.2) is 24.3 Å². The summed E-state index contributed by atoms with van der Waals surface area (Å²) in [5.41, 5.74) is 1.64. The number of fused-ring (bicyclic) bond motifs is 3. The molecule has 0 radical (unpaired) electrons. The van der Waals surface area contributed by atoms with Crippen molar-refractivity contribution in [3.63, 3.8) is 0 Å². The lowest BCUT2D eigenvalue weighted by molar-refractivity contribution is -0.132. The molecule has 3 aliphatic heterocycles. The normalized spacial score (nSPS) is 26.8. The minimum absolute atomic E-state index is 0.0187. The van der Waals surface area contributed by atoms with Crippen LogP contribution in [0.25, 0.3) is 0 Å². The van der Waals surface area contributed by atoms with Gasteiger partial charge in [0.25, 0.3) is 5.91 Å². The van der Waals surface area contributed by atoms with Crippen LogP contribution in [0.4, 0.5) is 0 Å². The predicted octanol–water partition coefficient (Wildman–Crippen LogP) is 2.08. The van der Waals surface area contributed by atoms with Crippen LogP contribution in [0.1, 0.15) is 54.4 Å². The van der Waals surface area contributed by atoms with Crippen molar-refractivity contribution in [2.75, 3.05) is 18.9 Å². The highest BCUT2D eigenvalue weighted by Crippen LogP contribution is 2.48. The van der Waals surface area contributed by atoms with Gasteiger partial charge in [-0.3, -0.25) is 14.4 Å². The van der Waals surface area contributed by atoms with Gasteiger partial charge < -0.3 is 20.3 Å². The molecule has 3 aliphatic rings. The van der Waals surface area contributed by atoms with Crippen molar-refractivity contribution in [2.45, 2.75) is 56.7 Å². The molecule has 5 atom stereocenters. The number of ether oxygens (including phenoxy) is 1. The third-order valence-corrected chi connectivity index (χ3v) is 7.62. The van der Waals surface area contributed by atoms with Crippen molar-refractivity contribution in [3.8, 4) is 0 Å². The van der Waals surface area contributed by atoms with Gasteiger partial charge in [0.1, 0.15) is 17.5 Å². The number of carbonyl (C=O) groups excluding carboxylic acids is 3. The third kappa shape index (κ3) is 3.95. The number of thioether (sulfide) groups is 1. The summed E-state index contributed by atoms with van der Waals surface area (Å²) in [7, 11) is 0. The topological polar surface area (TPSA) is 87.7 Å². The zero-order valence-electron chi connectivity index (χ0n) is 17.4. The molecule has 0 spiro atoms. The van der Waals surface area contributed by atoms with Gasteiger partial charge in [-0.25, -0.2) is 0 Å². The Bertz CT molecular complexity index is 826. The highest BCUT2D eigenvalue weighted by molar-refractivity contribution is 7.99. The Labute approximate surface area is 181 Å². The minimum atomic E-state index is -0.631. The average molecular weight is 432 g/mol. The van der Waals surface area contributed by atoms with Crippen LogP contribution in [0.5, 0.6) is 0 Å². The van der Waals surface area contributed by atoms with Crippen molar-refractivity contribution in [1.82, 2.24) is 15.5 Å². The maximum absolute atomic E-state index is 13.2. The van der Waals surface area contributed by atoms with E-state index in [-0.39, 0.29) is 35.1 Å². The average Bonchev–Trinajstić information content (AvgIpc) is 3.49. The van der Waals surface area contributed by atoms with Crippen LogP contribution in [0, 0.1) is 5.92 Å². The number of hydrogen-bond donors (Lipinski definition) is 2. The van der Waals surface area contributed by atoms with Crippen LogP contribution in [0.3, 0.4) is 0 Å². The number of nitrogens with one attached hydrogen (secondary N) is 2. The largest absolute Gasteiger partial charge is 0.376 e. The first-order valence-corrected chi connectivity index (χ1v) is 11.8. The molecular formula is C22H29N3O4S. The first-order valence-electron chi connectivity index (χ1n) is 10.7. The zero-order chi connectivity index (χ0) is 21.3. The molecule has 4 rings (SSSR count). The summed E-state index contributed by atoms with van der Waals surface area (Å²) < 4.78 is 5.57. The van der Waals surface area contributed by atoms with Crippen molar-refractivity contribution in [3.05, 3.63) is 35.4 Å². The third-order valence-electron chi connectivity index (χ3n) is 6.32. The maximum Gasteiger partial charge on any atom is 0.256 e. The molecule has 0 saturated carbocycles. The van der Waals surface area contributed by atoms with Gasteiger partial charge in [-0.2, -0.15) is 0 Å². The van der Waals surface area contributed by atoms with Crippen LogP contribution in [-0.4, -0.2) is 59.7 Å². The summed E-state index contributed by atoms with van der Waals surface area (Å²) in [6.07, 6.45) is 2.77. The molecule has 0 bridgehead atoms. The van der Waals surface area contributed by atoms with Crippen molar-refractivity contribution >= 4 is 29.5 Å². The Morgan fingerprint density at radius 1 is 1.33 bits per heavy atom. The second-order valence-corrected chi connectivity index (χ2v) is 9.37. The molecule has 0 aromatic heterocycles. The van der Waals surface area contributed by atoms with E-state index in [9.17, 15) is 14.4 Å². The summed E-state index contributed by atoms with van der Waals surface area (Å²) in [6.45, 7) is 5.15. The summed E-state index contributed by atoms with van der Waals surface area (Å²) in [4.78, 5) is 40.6. The fourth-order valence-corrected chi connectivity index (χ4v) is 5.79. The van der Waals surface area contributed by atoms with Gasteiger partial charge in [0.15, 0.2) is 0 Å². The first kappa shape index (κ1) is 21.2. The zero-order valence-corrected chi connectivity index (χ0v) is 18.2. The number of nitrogens with zero attached hydrogens (tertiary/aromatic N) is 1. The second-order valence-electron chi connectivity index (χ2n) is 8.25. The predicted molar refractivity (Wildman–Crippen MR) is 115 cm³/mol. The highest BCUT2D eigenvalue weighted by atomic mass is 32.2. The molecule has 0 aliphatic carbocycles. The molecule has 2 fully saturated rings. The summed E-state index contributed by atoms with van der Waals surface area (Å²) in [5.74, 6) is -0.0463. The minimum Gasteiger partial charge on any atom is -0.376 e. The fraction of sp³-hybridized carbons (Fsp3) is 0.591.